The van der Waals surface area contributed by atoms with E-state index in [1.54, 1.807) is 19.1 Å². The molecule has 2 aromatic rings. The molecule has 1 aromatic carbocycles. The van der Waals surface area contributed by atoms with E-state index in [1.165, 1.54) is 17.5 Å². The number of hydrogen-bond acceptors (Lipinski definition) is 4. The largest absolute Gasteiger partial charge is 0.442 e. The van der Waals surface area contributed by atoms with Crippen molar-refractivity contribution in [1.82, 2.24) is 4.98 Å². The maximum Gasteiger partial charge on any atom is 0.432 e. The van der Waals surface area contributed by atoms with E-state index in [9.17, 15) is 18.0 Å². The quantitative estimate of drug-likeness (QED) is 0.535. The molecular formula is C13H9F3INO2S. The number of thiazole rings is 1. The van der Waals surface area contributed by atoms with E-state index in [0.29, 0.717) is 5.69 Å². The van der Waals surface area contributed by atoms with Crippen LogP contribution in [0.1, 0.15) is 27.2 Å². The monoisotopic (exact) mass is 427 g/mol. The van der Waals surface area contributed by atoms with Crippen LogP contribution in [0.25, 0.3) is 0 Å². The Labute approximate surface area is 136 Å². The highest BCUT2D eigenvalue weighted by Gasteiger charge is 2.46. The smallest absolute Gasteiger partial charge is 0.432 e. The molecule has 1 atom stereocenters. The minimum Gasteiger partial charge on any atom is -0.442 e. The molecule has 3 nitrogen and oxygen atoms in total. The van der Waals surface area contributed by atoms with Crippen molar-refractivity contribution >= 4 is 39.9 Å². The van der Waals surface area contributed by atoms with Gasteiger partial charge in [-0.25, -0.2) is 9.78 Å². The molecule has 0 fully saturated rings. The highest BCUT2D eigenvalue weighted by Crippen LogP contribution is 2.37. The van der Waals surface area contributed by atoms with Crippen molar-refractivity contribution in [3.63, 3.8) is 0 Å². The van der Waals surface area contributed by atoms with E-state index in [1.807, 2.05) is 22.6 Å². The molecule has 1 unspecified atom stereocenters. The van der Waals surface area contributed by atoms with Crippen molar-refractivity contribution in [2.24, 2.45) is 0 Å². The van der Waals surface area contributed by atoms with Crippen LogP contribution in [0.2, 0.25) is 0 Å². The van der Waals surface area contributed by atoms with Gasteiger partial charge in [0.25, 0.3) is 0 Å². The van der Waals surface area contributed by atoms with Gasteiger partial charge in [-0.15, -0.1) is 11.3 Å². The number of halogens is 4. The van der Waals surface area contributed by atoms with E-state index in [-0.39, 0.29) is 10.6 Å². The maximum absolute atomic E-state index is 13.0. The molecule has 0 spiro atoms. The Morgan fingerprint density at radius 3 is 2.43 bits per heavy atom. The van der Waals surface area contributed by atoms with Crippen molar-refractivity contribution in [1.29, 1.82) is 0 Å². The molecule has 21 heavy (non-hydrogen) atoms. The van der Waals surface area contributed by atoms with Crippen LogP contribution < -0.4 is 0 Å². The van der Waals surface area contributed by atoms with Gasteiger partial charge >= 0.3 is 12.1 Å². The Hall–Kier alpha value is -1.16. The van der Waals surface area contributed by atoms with Crippen molar-refractivity contribution < 1.29 is 22.7 Å². The number of ether oxygens (including phenoxy) is 1. The molecule has 8 heteroatoms. The Bertz CT molecular complexity index is 640. The zero-order valence-corrected chi connectivity index (χ0v) is 13.6. The lowest BCUT2D eigenvalue weighted by Gasteiger charge is -2.18. The molecular weight excluding hydrogens is 418 g/mol. The zero-order valence-electron chi connectivity index (χ0n) is 10.6. The lowest BCUT2D eigenvalue weighted by molar-refractivity contribution is -0.207. The lowest BCUT2D eigenvalue weighted by atomic mass is 10.2. The molecule has 1 aromatic heterocycles. The van der Waals surface area contributed by atoms with E-state index in [0.717, 1.165) is 14.9 Å². The minimum atomic E-state index is -4.71. The number of rotatable bonds is 3. The van der Waals surface area contributed by atoms with Gasteiger partial charge in [0.2, 0.25) is 6.10 Å². The first-order chi connectivity index (χ1) is 9.77. The third kappa shape index (κ3) is 4.16. The number of esters is 1. The average molecular weight is 427 g/mol. The molecule has 0 aliphatic heterocycles. The minimum absolute atomic E-state index is 0.0675. The number of alkyl halides is 3. The summed E-state index contributed by atoms with van der Waals surface area (Å²) in [7, 11) is 0. The zero-order chi connectivity index (χ0) is 15.6. The molecule has 0 N–H and O–H groups in total. The second kappa shape index (κ2) is 6.30. The van der Waals surface area contributed by atoms with E-state index < -0.39 is 18.2 Å². The normalized spacial score (nSPS) is 13.0. The van der Waals surface area contributed by atoms with Gasteiger partial charge in [-0.3, -0.25) is 0 Å². The Balaban J connectivity index is 2.23. The summed E-state index contributed by atoms with van der Waals surface area (Å²) >= 11 is 2.84. The molecule has 0 saturated carbocycles. The molecule has 0 bridgehead atoms. The lowest BCUT2D eigenvalue weighted by Crippen LogP contribution is -2.26. The van der Waals surface area contributed by atoms with Crippen LogP contribution in [-0.4, -0.2) is 17.1 Å². The first-order valence-electron chi connectivity index (χ1n) is 5.72. The second-order valence-corrected chi connectivity index (χ2v) is 6.30. The molecule has 0 amide bonds. The van der Waals surface area contributed by atoms with Crippen LogP contribution in [-0.2, 0) is 4.74 Å². The number of nitrogens with zero attached hydrogens (tertiary/aromatic N) is 1. The van der Waals surface area contributed by atoms with Gasteiger partial charge in [-0.2, -0.15) is 13.2 Å². The fourth-order valence-corrected chi connectivity index (χ4v) is 2.72. The first-order valence-corrected chi connectivity index (χ1v) is 7.68. The molecule has 0 saturated heterocycles. The van der Waals surface area contributed by atoms with E-state index >= 15 is 0 Å². The van der Waals surface area contributed by atoms with Crippen LogP contribution in [0.4, 0.5) is 13.2 Å². The standard InChI is InChI=1S/C13H9F3INO2S/c1-7-6-21-11(18-7)10(13(14,15)16)20-12(19)8-2-4-9(17)5-3-8/h2-6,10H,1H3. The molecule has 1 heterocycles. The van der Waals surface area contributed by atoms with Crippen molar-refractivity contribution in [3.8, 4) is 0 Å². The third-order valence-electron chi connectivity index (χ3n) is 2.46. The fraction of sp³-hybridized carbons (Fsp3) is 0.231. The van der Waals surface area contributed by atoms with Gasteiger partial charge in [0.15, 0.2) is 0 Å². The summed E-state index contributed by atoms with van der Waals surface area (Å²) in [5.74, 6) is -1.03. The molecule has 2 rings (SSSR count). The number of aromatic nitrogens is 1. The maximum atomic E-state index is 13.0. The van der Waals surface area contributed by atoms with E-state index in [2.05, 4.69) is 9.72 Å². The Morgan fingerprint density at radius 2 is 1.95 bits per heavy atom. The van der Waals surface area contributed by atoms with Crippen LogP contribution in [0.5, 0.6) is 0 Å². The van der Waals surface area contributed by atoms with Gasteiger partial charge in [0, 0.05) is 14.6 Å². The van der Waals surface area contributed by atoms with Gasteiger partial charge in [-0.1, -0.05) is 0 Å². The predicted molar refractivity (Wildman–Crippen MR) is 80.2 cm³/mol. The summed E-state index contributed by atoms with van der Waals surface area (Å²) in [5.41, 5.74) is 0.521. The topological polar surface area (TPSA) is 39.2 Å². The number of benzene rings is 1. The van der Waals surface area contributed by atoms with Gasteiger partial charge < -0.3 is 4.74 Å². The van der Waals surface area contributed by atoms with Crippen LogP contribution in [0.15, 0.2) is 29.6 Å². The average Bonchev–Trinajstić information content (AvgIpc) is 2.81. The summed E-state index contributed by atoms with van der Waals surface area (Å²) in [4.78, 5) is 15.6. The van der Waals surface area contributed by atoms with Crippen LogP contribution in [0, 0.1) is 10.5 Å². The van der Waals surface area contributed by atoms with Gasteiger partial charge in [0.1, 0.15) is 5.01 Å². The Kier molecular flexibility index (Phi) is 4.87. The Morgan fingerprint density at radius 1 is 1.33 bits per heavy atom. The van der Waals surface area contributed by atoms with Gasteiger partial charge in [0.05, 0.1) is 5.56 Å². The van der Waals surface area contributed by atoms with Crippen molar-refractivity contribution in [2.45, 2.75) is 19.2 Å². The number of carbonyl (C=O) groups excluding carboxylic acids is 1. The number of hydrogen-bond donors (Lipinski definition) is 0. The summed E-state index contributed by atoms with van der Waals surface area (Å²) in [6.07, 6.45) is -7.05. The number of carbonyl (C=O) groups is 1. The molecule has 112 valence electrons. The first kappa shape index (κ1) is 16.2. The highest BCUT2D eigenvalue weighted by molar-refractivity contribution is 14.1. The summed E-state index contributed by atoms with van der Waals surface area (Å²) in [5, 5.41) is 1.20. The van der Waals surface area contributed by atoms with Crippen molar-refractivity contribution in [2.75, 3.05) is 0 Å². The predicted octanol–water partition coefficient (Wildman–Crippen LogP) is 4.52. The molecule has 0 radical (unpaired) electrons. The van der Waals surface area contributed by atoms with Crippen LogP contribution >= 0.6 is 33.9 Å². The number of aryl methyl sites for hydroxylation is 1. The van der Waals surface area contributed by atoms with Gasteiger partial charge in [-0.05, 0) is 53.8 Å². The SMILES string of the molecule is Cc1csc(C(OC(=O)c2ccc(I)cc2)C(F)(F)F)n1. The van der Waals surface area contributed by atoms with E-state index in [4.69, 9.17) is 0 Å². The summed E-state index contributed by atoms with van der Waals surface area (Å²) in [6.45, 7) is 1.58. The fourth-order valence-electron chi connectivity index (χ4n) is 1.51. The third-order valence-corrected chi connectivity index (χ3v) is 4.19. The summed E-state index contributed by atoms with van der Waals surface area (Å²) < 4.78 is 44.6. The highest BCUT2D eigenvalue weighted by atomic mass is 127. The second-order valence-electron chi connectivity index (χ2n) is 4.16. The van der Waals surface area contributed by atoms with Crippen molar-refractivity contribution in [3.05, 3.63) is 49.5 Å². The summed E-state index contributed by atoms with van der Waals surface area (Å²) in [6, 6.07) is 6.08. The molecule has 0 aliphatic carbocycles. The van der Waals surface area contributed by atoms with Crippen LogP contribution in [0.3, 0.4) is 0 Å². The molecule has 0 aliphatic rings.